The van der Waals surface area contributed by atoms with E-state index in [0.717, 1.165) is 24.0 Å². The van der Waals surface area contributed by atoms with Crippen molar-refractivity contribution in [3.05, 3.63) is 64.0 Å². The molecule has 1 heterocycles. The molecule has 1 amide bonds. The Balaban J connectivity index is 1.71. The van der Waals surface area contributed by atoms with Crippen molar-refractivity contribution in [2.75, 3.05) is 25.1 Å². The number of hydrogen-bond acceptors (Lipinski definition) is 6. The normalized spacial score (nSPS) is 10.7. The average molecular weight is 530 g/mol. The summed E-state index contributed by atoms with van der Waals surface area (Å²) in [5, 5.41) is 5.82. The summed E-state index contributed by atoms with van der Waals surface area (Å²) in [4.78, 5) is 25.6. The van der Waals surface area contributed by atoms with Gasteiger partial charge in [0.25, 0.3) is 0 Å². The first-order valence-electron chi connectivity index (χ1n) is 12.2. The number of ether oxygens (including phenoxy) is 3. The van der Waals surface area contributed by atoms with E-state index in [2.05, 4.69) is 12.2 Å². The van der Waals surface area contributed by atoms with Gasteiger partial charge >= 0.3 is 5.97 Å². The summed E-state index contributed by atoms with van der Waals surface area (Å²) in [6, 6.07) is 13.0. The summed E-state index contributed by atoms with van der Waals surface area (Å²) in [6.07, 6.45) is 2.80. The van der Waals surface area contributed by atoms with Gasteiger partial charge in [-0.15, -0.1) is 11.3 Å². The van der Waals surface area contributed by atoms with Gasteiger partial charge in [0.15, 0.2) is 11.5 Å². The Bertz CT molecular complexity index is 1160. The van der Waals surface area contributed by atoms with Crippen LogP contribution in [0.1, 0.15) is 56.0 Å². The number of esters is 1. The predicted molar refractivity (Wildman–Crippen MR) is 146 cm³/mol. The zero-order valence-corrected chi connectivity index (χ0v) is 22.5. The zero-order chi connectivity index (χ0) is 25.9. The topological polar surface area (TPSA) is 73.9 Å². The van der Waals surface area contributed by atoms with Crippen molar-refractivity contribution in [2.45, 2.75) is 46.5 Å². The van der Waals surface area contributed by atoms with Crippen molar-refractivity contribution in [1.29, 1.82) is 0 Å². The molecule has 0 unspecified atom stereocenters. The molecule has 0 atom stereocenters. The van der Waals surface area contributed by atoms with E-state index in [1.54, 1.807) is 19.1 Å². The van der Waals surface area contributed by atoms with E-state index in [1.807, 2.05) is 42.6 Å². The quantitative estimate of drug-likeness (QED) is 0.184. The largest absolute Gasteiger partial charge is 0.490 e. The van der Waals surface area contributed by atoms with Crippen LogP contribution in [0.25, 0.3) is 11.1 Å². The molecule has 192 valence electrons. The van der Waals surface area contributed by atoms with Crippen molar-refractivity contribution in [1.82, 2.24) is 0 Å². The van der Waals surface area contributed by atoms with Crippen molar-refractivity contribution in [2.24, 2.45) is 0 Å². The molecule has 1 aromatic heterocycles. The number of anilines is 1. The summed E-state index contributed by atoms with van der Waals surface area (Å²) in [6.45, 7) is 7.20. The fourth-order valence-electron chi connectivity index (χ4n) is 3.57. The molecular weight excluding hydrogens is 498 g/mol. The Morgan fingerprint density at radius 2 is 1.75 bits per heavy atom. The van der Waals surface area contributed by atoms with Gasteiger partial charge in [0.1, 0.15) is 10.6 Å². The lowest BCUT2D eigenvalue weighted by Crippen LogP contribution is -2.15. The molecule has 0 bridgehead atoms. The van der Waals surface area contributed by atoms with E-state index in [1.165, 1.54) is 11.3 Å². The van der Waals surface area contributed by atoms with Gasteiger partial charge in [-0.05, 0) is 62.1 Å². The fourth-order valence-corrected chi connectivity index (χ4v) is 4.67. The number of hydrogen-bond donors (Lipinski definition) is 1. The molecule has 3 rings (SSSR count). The van der Waals surface area contributed by atoms with Crippen molar-refractivity contribution in [3.8, 4) is 22.6 Å². The molecular formula is C28H32ClNO5S. The first kappa shape index (κ1) is 27.6. The highest BCUT2D eigenvalue weighted by molar-refractivity contribution is 7.15. The van der Waals surface area contributed by atoms with E-state index in [0.29, 0.717) is 52.3 Å². The number of halogens is 1. The fraction of sp³-hybridized carbons (Fsp3) is 0.357. The maximum absolute atomic E-state index is 12.8. The second-order valence-electron chi connectivity index (χ2n) is 8.05. The minimum absolute atomic E-state index is 0.189. The van der Waals surface area contributed by atoms with Gasteiger partial charge in [0, 0.05) is 22.4 Å². The van der Waals surface area contributed by atoms with Crippen LogP contribution in [0.4, 0.5) is 5.00 Å². The van der Waals surface area contributed by atoms with Crippen molar-refractivity contribution in [3.63, 3.8) is 0 Å². The second kappa shape index (κ2) is 13.9. The van der Waals surface area contributed by atoms with Crippen molar-refractivity contribution < 1.29 is 23.8 Å². The lowest BCUT2D eigenvalue weighted by atomic mass is 10.0. The smallest absolute Gasteiger partial charge is 0.341 e. The minimum atomic E-state index is -0.473. The van der Waals surface area contributed by atoms with Crippen LogP contribution in [0.2, 0.25) is 5.02 Å². The molecule has 2 aromatic carbocycles. The Morgan fingerprint density at radius 1 is 0.972 bits per heavy atom. The molecule has 8 heteroatoms. The first-order chi connectivity index (χ1) is 17.5. The van der Waals surface area contributed by atoms with Crippen LogP contribution in [-0.2, 0) is 16.0 Å². The highest BCUT2D eigenvalue weighted by Crippen LogP contribution is 2.37. The molecule has 36 heavy (non-hydrogen) atoms. The van der Waals surface area contributed by atoms with Crippen molar-refractivity contribution >= 4 is 39.8 Å². The number of carbonyl (C=O) groups excluding carboxylic acids is 2. The Hall–Kier alpha value is -3.03. The van der Waals surface area contributed by atoms with Crippen LogP contribution >= 0.6 is 22.9 Å². The standard InChI is InChI=1S/C28H32ClNO5S/c1-4-7-16-35-23-14-8-19(17-24(23)33-5-2)9-15-25(31)30-27-26(28(32)34-6-3)22(18-36-27)20-10-12-21(29)13-11-20/h8,10-14,17-18H,4-7,9,15-16H2,1-3H3,(H,30,31). The van der Waals surface area contributed by atoms with Crippen LogP contribution in [0, 0.1) is 0 Å². The van der Waals surface area contributed by atoms with Gasteiger partial charge in [-0.2, -0.15) is 0 Å². The second-order valence-corrected chi connectivity index (χ2v) is 9.36. The molecule has 0 saturated carbocycles. The van der Waals surface area contributed by atoms with Gasteiger partial charge in [0.05, 0.1) is 19.8 Å². The maximum Gasteiger partial charge on any atom is 0.341 e. The lowest BCUT2D eigenvalue weighted by Gasteiger charge is -2.13. The van der Waals surface area contributed by atoms with Crippen LogP contribution < -0.4 is 14.8 Å². The first-order valence-corrected chi connectivity index (χ1v) is 13.4. The molecule has 0 spiro atoms. The Morgan fingerprint density at radius 3 is 2.44 bits per heavy atom. The average Bonchev–Trinajstić information content (AvgIpc) is 3.28. The van der Waals surface area contributed by atoms with E-state index < -0.39 is 5.97 Å². The molecule has 0 fully saturated rings. The van der Waals surface area contributed by atoms with Crippen LogP contribution in [-0.4, -0.2) is 31.7 Å². The molecule has 0 aliphatic carbocycles. The summed E-state index contributed by atoms with van der Waals surface area (Å²) in [5.41, 5.74) is 2.84. The molecule has 3 aromatic rings. The lowest BCUT2D eigenvalue weighted by molar-refractivity contribution is -0.116. The number of amides is 1. The monoisotopic (exact) mass is 529 g/mol. The molecule has 6 nitrogen and oxygen atoms in total. The van der Waals surface area contributed by atoms with Gasteiger partial charge < -0.3 is 19.5 Å². The third-order valence-corrected chi connectivity index (χ3v) is 6.53. The SMILES string of the molecule is CCCCOc1ccc(CCC(=O)Nc2scc(-c3ccc(Cl)cc3)c2C(=O)OCC)cc1OCC. The molecule has 0 radical (unpaired) electrons. The van der Waals surface area contributed by atoms with Gasteiger partial charge in [0.2, 0.25) is 5.91 Å². The molecule has 0 aliphatic heterocycles. The van der Waals surface area contributed by atoms with E-state index in [9.17, 15) is 9.59 Å². The summed E-state index contributed by atoms with van der Waals surface area (Å²) < 4.78 is 16.9. The predicted octanol–water partition coefficient (Wildman–Crippen LogP) is 7.39. The summed E-state index contributed by atoms with van der Waals surface area (Å²) in [5.74, 6) is 0.734. The summed E-state index contributed by atoms with van der Waals surface area (Å²) >= 11 is 7.31. The number of unbranched alkanes of at least 4 members (excludes halogenated alkanes) is 1. The van der Waals surface area contributed by atoms with Gasteiger partial charge in [-0.25, -0.2) is 4.79 Å². The number of aryl methyl sites for hydroxylation is 1. The number of nitrogens with one attached hydrogen (secondary N) is 1. The Labute approximate surface area is 221 Å². The number of thiophene rings is 1. The highest BCUT2D eigenvalue weighted by Gasteiger charge is 2.23. The number of carbonyl (C=O) groups is 2. The summed E-state index contributed by atoms with van der Waals surface area (Å²) in [7, 11) is 0. The number of benzene rings is 2. The van der Waals surface area contributed by atoms with Crippen LogP contribution in [0.3, 0.4) is 0 Å². The highest BCUT2D eigenvalue weighted by atomic mass is 35.5. The molecule has 0 aliphatic rings. The van der Waals surface area contributed by atoms with E-state index >= 15 is 0 Å². The minimum Gasteiger partial charge on any atom is -0.490 e. The zero-order valence-electron chi connectivity index (χ0n) is 20.9. The van der Waals surface area contributed by atoms with Crippen LogP contribution in [0.15, 0.2) is 47.8 Å². The maximum atomic E-state index is 12.8. The molecule has 0 saturated heterocycles. The van der Waals surface area contributed by atoms with Gasteiger partial charge in [-0.3, -0.25) is 4.79 Å². The van der Waals surface area contributed by atoms with E-state index in [4.69, 9.17) is 25.8 Å². The van der Waals surface area contributed by atoms with Crippen LogP contribution in [0.5, 0.6) is 11.5 Å². The van der Waals surface area contributed by atoms with E-state index in [-0.39, 0.29) is 18.9 Å². The third kappa shape index (κ3) is 7.48. The Kier molecular flexibility index (Phi) is 10.6. The number of rotatable bonds is 13. The van der Waals surface area contributed by atoms with Gasteiger partial charge in [-0.1, -0.05) is 43.1 Å². The third-order valence-electron chi connectivity index (χ3n) is 5.38. The molecule has 1 N–H and O–H groups in total.